The lowest BCUT2D eigenvalue weighted by Gasteiger charge is -2.33. The van der Waals surface area contributed by atoms with Gasteiger partial charge in [-0.1, -0.05) is 30.3 Å². The van der Waals surface area contributed by atoms with Gasteiger partial charge in [-0.05, 0) is 62.2 Å². The van der Waals surface area contributed by atoms with Gasteiger partial charge >= 0.3 is 0 Å². The Morgan fingerprint density at radius 3 is 2.76 bits per heavy atom. The van der Waals surface area contributed by atoms with Crippen LogP contribution in [0.1, 0.15) is 35.7 Å². The van der Waals surface area contributed by atoms with Gasteiger partial charge in [0.25, 0.3) is 0 Å². The summed E-state index contributed by atoms with van der Waals surface area (Å²) < 4.78 is 5.90. The predicted molar refractivity (Wildman–Crippen MR) is 118 cm³/mol. The molecule has 4 rings (SSSR count). The average molecular weight is 394 g/mol. The van der Waals surface area contributed by atoms with Gasteiger partial charge in [0.05, 0.1) is 19.3 Å². The molecule has 154 valence electrons. The van der Waals surface area contributed by atoms with Gasteiger partial charge in [-0.25, -0.2) is 0 Å². The van der Waals surface area contributed by atoms with Gasteiger partial charge in [0.2, 0.25) is 0 Å². The van der Waals surface area contributed by atoms with Crippen LogP contribution < -0.4 is 10.1 Å². The molecule has 1 atom stereocenters. The molecule has 0 bridgehead atoms. The van der Waals surface area contributed by atoms with Gasteiger partial charge in [-0.2, -0.15) is 0 Å². The highest BCUT2D eigenvalue weighted by atomic mass is 16.5. The SMILES string of the molecule is CN1CCc2c([nH]c3ccccc23)C1c1ccc(OCCCCNCCO)cc1. The fourth-order valence-corrected chi connectivity index (χ4v) is 4.27. The molecule has 0 radical (unpaired) electrons. The Balaban J connectivity index is 1.41. The Bertz CT molecular complexity index is 920. The van der Waals surface area contributed by atoms with Crippen LogP contribution in [0.3, 0.4) is 0 Å². The number of hydrogen-bond donors (Lipinski definition) is 3. The van der Waals surface area contributed by atoms with Crippen molar-refractivity contribution in [2.75, 3.05) is 39.9 Å². The number of aliphatic hydroxyl groups excluding tert-OH is 1. The number of nitrogens with one attached hydrogen (secondary N) is 2. The number of para-hydroxylation sites is 1. The second-order valence-electron chi connectivity index (χ2n) is 7.79. The zero-order valence-corrected chi connectivity index (χ0v) is 17.2. The van der Waals surface area contributed by atoms with E-state index in [1.807, 2.05) is 0 Å². The van der Waals surface area contributed by atoms with E-state index in [2.05, 4.69) is 70.8 Å². The molecule has 5 heteroatoms. The van der Waals surface area contributed by atoms with Crippen LogP contribution in [0.15, 0.2) is 48.5 Å². The number of hydrogen-bond acceptors (Lipinski definition) is 4. The molecule has 1 unspecified atom stereocenters. The summed E-state index contributed by atoms with van der Waals surface area (Å²) >= 11 is 0. The lowest BCUT2D eigenvalue weighted by atomic mass is 9.93. The lowest BCUT2D eigenvalue weighted by Crippen LogP contribution is -2.32. The first-order chi connectivity index (χ1) is 14.3. The molecule has 0 aliphatic carbocycles. The summed E-state index contributed by atoms with van der Waals surface area (Å²) in [5.41, 5.74) is 5.30. The third-order valence-electron chi connectivity index (χ3n) is 5.78. The molecule has 0 saturated carbocycles. The van der Waals surface area contributed by atoms with Gasteiger partial charge in [-0.3, -0.25) is 4.90 Å². The third-order valence-corrected chi connectivity index (χ3v) is 5.78. The van der Waals surface area contributed by atoms with E-state index in [1.165, 1.54) is 27.7 Å². The third kappa shape index (κ3) is 4.47. The fourth-order valence-electron chi connectivity index (χ4n) is 4.27. The molecule has 0 saturated heterocycles. The average Bonchev–Trinajstić information content (AvgIpc) is 3.12. The van der Waals surface area contributed by atoms with Crippen molar-refractivity contribution in [3.05, 3.63) is 65.4 Å². The van der Waals surface area contributed by atoms with Crippen molar-refractivity contribution in [2.45, 2.75) is 25.3 Å². The van der Waals surface area contributed by atoms with Crippen LogP contribution in [0.4, 0.5) is 0 Å². The molecule has 3 aromatic rings. The van der Waals surface area contributed by atoms with Crippen molar-refractivity contribution in [3.63, 3.8) is 0 Å². The van der Waals surface area contributed by atoms with Crippen molar-refractivity contribution in [1.82, 2.24) is 15.2 Å². The summed E-state index contributed by atoms with van der Waals surface area (Å²) in [6.45, 7) is 3.55. The van der Waals surface area contributed by atoms with E-state index < -0.39 is 0 Å². The first-order valence-electron chi connectivity index (χ1n) is 10.6. The van der Waals surface area contributed by atoms with E-state index in [4.69, 9.17) is 9.84 Å². The quantitative estimate of drug-likeness (QED) is 0.487. The van der Waals surface area contributed by atoms with Crippen LogP contribution >= 0.6 is 0 Å². The number of nitrogens with zero attached hydrogens (tertiary/aromatic N) is 1. The normalized spacial score (nSPS) is 16.8. The minimum Gasteiger partial charge on any atom is -0.494 e. The Morgan fingerprint density at radius 2 is 1.93 bits per heavy atom. The van der Waals surface area contributed by atoms with Crippen LogP contribution in [0.25, 0.3) is 10.9 Å². The highest BCUT2D eigenvalue weighted by molar-refractivity contribution is 5.85. The number of unbranched alkanes of at least 4 members (excludes halogenated alkanes) is 1. The molecular formula is C24H31N3O2. The van der Waals surface area contributed by atoms with E-state index >= 15 is 0 Å². The molecule has 0 amide bonds. The number of H-pyrrole nitrogens is 1. The zero-order valence-electron chi connectivity index (χ0n) is 17.2. The number of aromatic nitrogens is 1. The number of aromatic amines is 1. The predicted octanol–water partition coefficient (Wildman–Crippen LogP) is 3.49. The maximum Gasteiger partial charge on any atom is 0.119 e. The topological polar surface area (TPSA) is 60.5 Å². The lowest BCUT2D eigenvalue weighted by molar-refractivity contribution is 0.261. The number of ether oxygens (including phenoxy) is 1. The monoisotopic (exact) mass is 393 g/mol. The standard InChI is InChI=1S/C24H31N3O2/c1-27-15-12-21-20-6-2-3-7-22(20)26-23(21)24(27)18-8-10-19(11-9-18)29-17-5-4-13-25-14-16-28/h2-3,6-11,24-26,28H,4-5,12-17H2,1H3. The molecule has 1 aliphatic rings. The van der Waals surface area contributed by atoms with Crippen molar-refractivity contribution >= 4 is 10.9 Å². The second kappa shape index (κ2) is 9.44. The van der Waals surface area contributed by atoms with E-state index in [0.29, 0.717) is 6.54 Å². The fraction of sp³-hybridized carbons (Fsp3) is 0.417. The van der Waals surface area contributed by atoms with E-state index in [9.17, 15) is 0 Å². The van der Waals surface area contributed by atoms with Crippen molar-refractivity contribution < 1.29 is 9.84 Å². The molecule has 0 spiro atoms. The summed E-state index contributed by atoms with van der Waals surface area (Å²) in [7, 11) is 2.20. The minimum atomic E-state index is 0.193. The summed E-state index contributed by atoms with van der Waals surface area (Å²) in [4.78, 5) is 6.10. The maximum absolute atomic E-state index is 8.75. The first kappa shape index (κ1) is 20.0. The minimum absolute atomic E-state index is 0.193. The maximum atomic E-state index is 8.75. The van der Waals surface area contributed by atoms with Gasteiger partial charge < -0.3 is 20.1 Å². The molecule has 1 aromatic heterocycles. The molecule has 2 aromatic carbocycles. The summed E-state index contributed by atoms with van der Waals surface area (Å²) in [6.07, 6.45) is 3.14. The smallest absolute Gasteiger partial charge is 0.119 e. The van der Waals surface area contributed by atoms with E-state index in [1.54, 1.807) is 0 Å². The van der Waals surface area contributed by atoms with Crippen molar-refractivity contribution in [2.24, 2.45) is 0 Å². The number of fused-ring (bicyclic) bond motifs is 3. The Hall–Kier alpha value is -2.34. The van der Waals surface area contributed by atoms with E-state index in [0.717, 1.165) is 44.7 Å². The van der Waals surface area contributed by atoms with Gasteiger partial charge in [-0.15, -0.1) is 0 Å². The summed E-state index contributed by atoms with van der Waals surface area (Å²) in [5.74, 6) is 0.924. The van der Waals surface area contributed by atoms with Crippen LogP contribution in [-0.4, -0.2) is 54.9 Å². The van der Waals surface area contributed by atoms with Crippen molar-refractivity contribution in [3.8, 4) is 5.75 Å². The van der Waals surface area contributed by atoms with Crippen LogP contribution in [-0.2, 0) is 6.42 Å². The summed E-state index contributed by atoms with van der Waals surface area (Å²) in [6, 6.07) is 17.4. The largest absolute Gasteiger partial charge is 0.494 e. The Morgan fingerprint density at radius 1 is 1.10 bits per heavy atom. The summed E-state index contributed by atoms with van der Waals surface area (Å²) in [5, 5.41) is 13.3. The highest BCUT2D eigenvalue weighted by Crippen LogP contribution is 2.37. The van der Waals surface area contributed by atoms with Gasteiger partial charge in [0.15, 0.2) is 0 Å². The van der Waals surface area contributed by atoms with E-state index in [-0.39, 0.29) is 12.6 Å². The number of aliphatic hydroxyl groups is 1. The van der Waals surface area contributed by atoms with Gasteiger partial charge in [0, 0.05) is 29.7 Å². The molecule has 3 N–H and O–H groups in total. The molecule has 1 aliphatic heterocycles. The molecule has 2 heterocycles. The van der Waals surface area contributed by atoms with Crippen molar-refractivity contribution in [1.29, 1.82) is 0 Å². The molecule has 0 fully saturated rings. The van der Waals surface area contributed by atoms with Gasteiger partial charge in [0.1, 0.15) is 5.75 Å². The zero-order chi connectivity index (χ0) is 20.1. The second-order valence-corrected chi connectivity index (χ2v) is 7.79. The van der Waals surface area contributed by atoms with Crippen LogP contribution in [0, 0.1) is 0 Å². The van der Waals surface area contributed by atoms with Crippen LogP contribution in [0.5, 0.6) is 5.75 Å². The number of rotatable bonds is 9. The Labute approximate surface area is 172 Å². The van der Waals surface area contributed by atoms with Crippen LogP contribution in [0.2, 0.25) is 0 Å². The molecular weight excluding hydrogens is 362 g/mol. The number of benzene rings is 2. The molecule has 5 nitrogen and oxygen atoms in total. The number of likely N-dealkylation sites (N-methyl/N-ethyl adjacent to an activating group) is 1. The Kier molecular flexibility index (Phi) is 6.49. The molecule has 29 heavy (non-hydrogen) atoms. The first-order valence-corrected chi connectivity index (χ1v) is 10.6. The highest BCUT2D eigenvalue weighted by Gasteiger charge is 2.29.